The molecule has 0 bridgehead atoms. The molecule has 1 aliphatic carbocycles. The van der Waals surface area contributed by atoms with Crippen LogP contribution in [0.2, 0.25) is 0 Å². The second kappa shape index (κ2) is 4.56. The van der Waals surface area contributed by atoms with Crippen molar-refractivity contribution < 1.29 is 0 Å². The van der Waals surface area contributed by atoms with E-state index in [1.165, 1.54) is 11.1 Å². The summed E-state index contributed by atoms with van der Waals surface area (Å²) in [7, 11) is 0. The van der Waals surface area contributed by atoms with Gasteiger partial charge in [0.05, 0.1) is 0 Å². The zero-order chi connectivity index (χ0) is 11.5. The highest BCUT2D eigenvalue weighted by Crippen LogP contribution is 2.30. The van der Waals surface area contributed by atoms with Gasteiger partial charge in [0.15, 0.2) is 0 Å². The van der Waals surface area contributed by atoms with Crippen molar-refractivity contribution in [1.82, 2.24) is 0 Å². The molecule has 16 heavy (non-hydrogen) atoms. The van der Waals surface area contributed by atoms with E-state index in [4.69, 9.17) is 5.73 Å². The summed E-state index contributed by atoms with van der Waals surface area (Å²) in [4.78, 5) is 0. The second-order valence-corrected chi connectivity index (χ2v) is 4.66. The first-order chi connectivity index (χ1) is 7.66. The van der Waals surface area contributed by atoms with Crippen LogP contribution in [0.4, 0.5) is 0 Å². The summed E-state index contributed by atoms with van der Waals surface area (Å²) in [5.74, 6) is 1.14. The number of benzene rings is 1. The van der Waals surface area contributed by atoms with Gasteiger partial charge in [-0.15, -0.1) is 0 Å². The Balaban J connectivity index is 2.11. The van der Waals surface area contributed by atoms with E-state index >= 15 is 0 Å². The van der Waals surface area contributed by atoms with Gasteiger partial charge in [0.2, 0.25) is 0 Å². The Morgan fingerprint density at radius 1 is 1.25 bits per heavy atom. The summed E-state index contributed by atoms with van der Waals surface area (Å²) in [6.07, 6.45) is 7.44. The van der Waals surface area contributed by atoms with Gasteiger partial charge in [-0.25, -0.2) is 0 Å². The van der Waals surface area contributed by atoms with Crippen molar-refractivity contribution in [2.45, 2.75) is 26.2 Å². The third kappa shape index (κ3) is 2.35. The molecule has 0 radical (unpaired) electrons. The molecular weight excluding hydrogens is 194 g/mol. The molecule has 2 N–H and O–H groups in total. The van der Waals surface area contributed by atoms with Crippen molar-refractivity contribution in [2.75, 3.05) is 0 Å². The van der Waals surface area contributed by atoms with Crippen molar-refractivity contribution in [3.05, 3.63) is 59.3 Å². The molecule has 0 fully saturated rings. The lowest BCUT2D eigenvalue weighted by molar-refractivity contribution is 0.542. The Bertz CT molecular complexity index is 412. The molecule has 2 atom stereocenters. The summed E-state index contributed by atoms with van der Waals surface area (Å²) < 4.78 is 0. The van der Waals surface area contributed by atoms with E-state index in [-0.39, 0.29) is 0 Å². The normalized spacial score (nSPS) is 21.6. The number of allylic oxidation sites excluding steroid dienone is 3. The molecule has 1 unspecified atom stereocenters. The van der Waals surface area contributed by atoms with E-state index in [2.05, 4.69) is 50.3 Å². The maximum absolute atomic E-state index is 5.73. The second-order valence-electron chi connectivity index (χ2n) is 4.66. The summed E-state index contributed by atoms with van der Waals surface area (Å²) in [6.45, 7) is 4.41. The number of hydrogen-bond donors (Lipinski definition) is 1. The lowest BCUT2D eigenvalue weighted by Crippen LogP contribution is -2.11. The predicted octanol–water partition coefficient (Wildman–Crippen LogP) is 3.52. The van der Waals surface area contributed by atoms with Crippen LogP contribution in [0.3, 0.4) is 0 Å². The Morgan fingerprint density at radius 2 is 1.94 bits per heavy atom. The minimum Gasteiger partial charge on any atom is -0.399 e. The highest BCUT2D eigenvalue weighted by Gasteiger charge is 2.17. The molecule has 0 saturated heterocycles. The Labute approximate surface area is 97.7 Å². The van der Waals surface area contributed by atoms with Crippen molar-refractivity contribution in [2.24, 2.45) is 11.7 Å². The van der Waals surface area contributed by atoms with Gasteiger partial charge in [0, 0.05) is 5.70 Å². The molecule has 84 valence electrons. The Kier molecular flexibility index (Phi) is 3.14. The molecule has 1 aliphatic rings. The first-order valence-corrected chi connectivity index (χ1v) is 5.87. The van der Waals surface area contributed by atoms with Gasteiger partial charge in [-0.1, -0.05) is 48.9 Å². The van der Waals surface area contributed by atoms with Gasteiger partial charge in [0.1, 0.15) is 0 Å². The monoisotopic (exact) mass is 213 g/mol. The van der Waals surface area contributed by atoms with Gasteiger partial charge in [-0.3, -0.25) is 0 Å². The van der Waals surface area contributed by atoms with Crippen LogP contribution in [0.1, 0.15) is 30.4 Å². The maximum atomic E-state index is 5.73. The van der Waals surface area contributed by atoms with Crippen LogP contribution in [0.25, 0.3) is 0 Å². The fourth-order valence-corrected chi connectivity index (χ4v) is 2.14. The summed E-state index contributed by atoms with van der Waals surface area (Å²) in [5.41, 5.74) is 9.36. The fourth-order valence-electron chi connectivity index (χ4n) is 2.14. The molecule has 0 amide bonds. The van der Waals surface area contributed by atoms with Gasteiger partial charge >= 0.3 is 0 Å². The summed E-state index contributed by atoms with van der Waals surface area (Å²) >= 11 is 0. The van der Waals surface area contributed by atoms with Crippen molar-refractivity contribution in [1.29, 1.82) is 0 Å². The first-order valence-electron chi connectivity index (χ1n) is 5.87. The van der Waals surface area contributed by atoms with Crippen LogP contribution in [-0.4, -0.2) is 0 Å². The number of hydrogen-bond acceptors (Lipinski definition) is 1. The minimum atomic E-state index is 0.557. The van der Waals surface area contributed by atoms with Crippen molar-refractivity contribution in [3.8, 4) is 0 Å². The quantitative estimate of drug-likeness (QED) is 0.799. The number of nitrogens with two attached hydrogens (primary N) is 1. The van der Waals surface area contributed by atoms with Gasteiger partial charge in [0.25, 0.3) is 0 Å². The van der Waals surface area contributed by atoms with Crippen LogP contribution >= 0.6 is 0 Å². The Morgan fingerprint density at radius 3 is 2.50 bits per heavy atom. The van der Waals surface area contributed by atoms with Gasteiger partial charge < -0.3 is 5.73 Å². The van der Waals surface area contributed by atoms with Crippen LogP contribution in [0.15, 0.2) is 48.2 Å². The van der Waals surface area contributed by atoms with Crippen LogP contribution in [0.5, 0.6) is 0 Å². The zero-order valence-corrected chi connectivity index (χ0v) is 9.98. The third-order valence-corrected chi connectivity index (χ3v) is 3.41. The first kappa shape index (κ1) is 11.0. The van der Waals surface area contributed by atoms with Crippen LogP contribution in [0, 0.1) is 12.8 Å². The molecule has 1 heteroatoms. The standard InChI is InChI=1S/C15H19N/c1-11-3-5-13(6-4-11)12(2)14-7-9-15(16)10-8-14/h3-7,9-10,12,14H,8,16H2,1-2H3/t12-,14?/m0/s1. The lowest BCUT2D eigenvalue weighted by Gasteiger charge is -2.22. The summed E-state index contributed by atoms with van der Waals surface area (Å²) in [6, 6.07) is 8.83. The van der Waals surface area contributed by atoms with Crippen LogP contribution in [-0.2, 0) is 0 Å². The predicted molar refractivity (Wildman–Crippen MR) is 69.1 cm³/mol. The van der Waals surface area contributed by atoms with Gasteiger partial charge in [-0.2, -0.15) is 0 Å². The molecule has 0 aliphatic heterocycles. The third-order valence-electron chi connectivity index (χ3n) is 3.41. The highest BCUT2D eigenvalue weighted by molar-refractivity contribution is 5.28. The van der Waals surface area contributed by atoms with E-state index in [9.17, 15) is 0 Å². The fraction of sp³-hybridized carbons (Fsp3) is 0.333. The molecule has 1 aromatic rings. The molecule has 0 aromatic heterocycles. The SMILES string of the molecule is Cc1ccc([C@H](C)C2C=CC(N)=CC2)cc1. The highest BCUT2D eigenvalue weighted by atomic mass is 14.6. The van der Waals surface area contributed by atoms with E-state index in [0.717, 1.165) is 12.1 Å². The lowest BCUT2D eigenvalue weighted by atomic mass is 9.83. The van der Waals surface area contributed by atoms with E-state index in [1.54, 1.807) is 0 Å². The average Bonchev–Trinajstić information content (AvgIpc) is 2.30. The Hall–Kier alpha value is -1.50. The molecule has 0 saturated carbocycles. The smallest absolute Gasteiger partial charge is 0.0270 e. The zero-order valence-electron chi connectivity index (χ0n) is 9.98. The van der Waals surface area contributed by atoms with Crippen LogP contribution < -0.4 is 5.73 Å². The topological polar surface area (TPSA) is 26.0 Å². The molecular formula is C15H19N. The van der Waals surface area contributed by atoms with Gasteiger partial charge in [-0.05, 0) is 36.8 Å². The molecule has 2 rings (SSSR count). The number of aryl methyl sites for hydroxylation is 1. The summed E-state index contributed by atoms with van der Waals surface area (Å²) in [5, 5.41) is 0. The average molecular weight is 213 g/mol. The molecule has 0 heterocycles. The van der Waals surface area contributed by atoms with E-state index in [0.29, 0.717) is 11.8 Å². The number of rotatable bonds is 2. The van der Waals surface area contributed by atoms with Crippen molar-refractivity contribution >= 4 is 0 Å². The minimum absolute atomic E-state index is 0.557. The van der Waals surface area contributed by atoms with E-state index in [1.807, 2.05) is 6.08 Å². The maximum Gasteiger partial charge on any atom is 0.0270 e. The van der Waals surface area contributed by atoms with Crippen molar-refractivity contribution in [3.63, 3.8) is 0 Å². The molecule has 1 nitrogen and oxygen atoms in total. The molecule has 0 spiro atoms. The van der Waals surface area contributed by atoms with E-state index < -0.39 is 0 Å². The largest absolute Gasteiger partial charge is 0.399 e. The molecule has 1 aromatic carbocycles.